The highest BCUT2D eigenvalue weighted by Gasteiger charge is 2.21. The van der Waals surface area contributed by atoms with Crippen LogP contribution in [0.15, 0.2) is 60.9 Å². The molecule has 5 aromatic rings. The van der Waals surface area contributed by atoms with E-state index < -0.39 is 0 Å². The number of carbonyl (C=O) groups excluding carboxylic acids is 1. The first-order valence-corrected chi connectivity index (χ1v) is 15.6. The summed E-state index contributed by atoms with van der Waals surface area (Å²) in [6, 6.07) is 16.4. The standard InChI is InChI=1S/C34H42N8O2/c1-6-23(2)28-10-7-9-26(36-28)22-42-30-12-8-11-29(33(30)25(4)38-42)37-34(43)31-20-35-32-19-27(13-14-41(31)32)44-18-17-40-16-15-39(5)24(3)21-40/h7-14,19-20,23-24H,6,15-18,21-22H2,1-5H3,(H,37,43)/t23?,24-/m0/s1. The van der Waals surface area contributed by atoms with Crippen LogP contribution in [0.1, 0.15) is 60.7 Å². The summed E-state index contributed by atoms with van der Waals surface area (Å²) in [4.78, 5) is 27.7. The number of fused-ring (bicyclic) bond motifs is 2. The highest BCUT2D eigenvalue weighted by Crippen LogP contribution is 2.28. The largest absolute Gasteiger partial charge is 0.492 e. The Kier molecular flexibility index (Phi) is 8.63. The minimum atomic E-state index is -0.238. The molecule has 1 amide bonds. The fourth-order valence-electron chi connectivity index (χ4n) is 5.89. The van der Waals surface area contributed by atoms with Crippen molar-refractivity contribution in [3.63, 3.8) is 0 Å². The summed E-state index contributed by atoms with van der Waals surface area (Å²) >= 11 is 0. The molecule has 0 spiro atoms. The summed E-state index contributed by atoms with van der Waals surface area (Å²) in [5, 5.41) is 8.85. The Morgan fingerprint density at radius 3 is 2.82 bits per heavy atom. The van der Waals surface area contributed by atoms with E-state index >= 15 is 0 Å². The highest BCUT2D eigenvalue weighted by molar-refractivity contribution is 6.08. The van der Waals surface area contributed by atoms with Crippen LogP contribution >= 0.6 is 0 Å². The van der Waals surface area contributed by atoms with Gasteiger partial charge in [0, 0.05) is 55.6 Å². The third-order valence-corrected chi connectivity index (χ3v) is 8.90. The van der Waals surface area contributed by atoms with Crippen LogP contribution in [0.25, 0.3) is 16.6 Å². The molecule has 1 aliphatic rings. The Labute approximate surface area is 258 Å². The predicted molar refractivity (Wildman–Crippen MR) is 174 cm³/mol. The second-order valence-corrected chi connectivity index (χ2v) is 12.0. The van der Waals surface area contributed by atoms with E-state index in [4.69, 9.17) is 14.8 Å². The molecule has 2 atom stereocenters. The molecule has 4 aromatic heterocycles. The van der Waals surface area contributed by atoms with Crippen LogP contribution in [-0.2, 0) is 6.54 Å². The molecular formula is C34H42N8O2. The van der Waals surface area contributed by atoms with Crippen molar-refractivity contribution >= 4 is 28.1 Å². The van der Waals surface area contributed by atoms with Crippen molar-refractivity contribution in [2.75, 3.05) is 45.2 Å². The lowest BCUT2D eigenvalue weighted by Crippen LogP contribution is -2.50. The monoisotopic (exact) mass is 594 g/mol. The Bertz CT molecular complexity index is 1780. The zero-order valence-corrected chi connectivity index (χ0v) is 26.3. The van der Waals surface area contributed by atoms with Gasteiger partial charge in [0.1, 0.15) is 23.7 Å². The Morgan fingerprint density at radius 1 is 1.16 bits per heavy atom. The highest BCUT2D eigenvalue weighted by atomic mass is 16.5. The van der Waals surface area contributed by atoms with Gasteiger partial charge in [-0.1, -0.05) is 26.0 Å². The molecular weight excluding hydrogens is 552 g/mol. The first-order valence-electron chi connectivity index (χ1n) is 15.6. The number of rotatable bonds is 10. The van der Waals surface area contributed by atoms with Gasteiger partial charge in [-0.3, -0.25) is 23.8 Å². The van der Waals surface area contributed by atoms with Crippen LogP contribution in [0.3, 0.4) is 0 Å². The van der Waals surface area contributed by atoms with Gasteiger partial charge >= 0.3 is 0 Å². The van der Waals surface area contributed by atoms with Gasteiger partial charge in [-0.2, -0.15) is 5.10 Å². The number of nitrogens with one attached hydrogen (secondary N) is 1. The van der Waals surface area contributed by atoms with Gasteiger partial charge in [0.15, 0.2) is 0 Å². The van der Waals surface area contributed by atoms with E-state index in [0.717, 1.165) is 66.3 Å². The van der Waals surface area contributed by atoms with E-state index in [9.17, 15) is 4.79 Å². The average molecular weight is 595 g/mol. The van der Waals surface area contributed by atoms with Gasteiger partial charge in [-0.15, -0.1) is 0 Å². The first kappa shape index (κ1) is 29.8. The number of hydrogen-bond donors (Lipinski definition) is 1. The van der Waals surface area contributed by atoms with Crippen molar-refractivity contribution in [3.05, 3.63) is 83.7 Å². The van der Waals surface area contributed by atoms with E-state index in [2.05, 4.69) is 60.1 Å². The van der Waals surface area contributed by atoms with Crippen LogP contribution in [-0.4, -0.2) is 85.7 Å². The average Bonchev–Trinajstić information content (AvgIpc) is 3.59. The zero-order chi connectivity index (χ0) is 30.8. The number of amides is 1. The number of imidazole rings is 1. The van der Waals surface area contributed by atoms with Crippen LogP contribution in [0, 0.1) is 6.92 Å². The molecule has 5 heterocycles. The molecule has 0 bridgehead atoms. The second-order valence-electron chi connectivity index (χ2n) is 12.0. The van der Waals surface area contributed by atoms with Crippen LogP contribution in [0.2, 0.25) is 0 Å². The maximum atomic E-state index is 13.5. The first-order chi connectivity index (χ1) is 21.3. The normalized spacial score (nSPS) is 16.9. The van der Waals surface area contributed by atoms with Gasteiger partial charge in [0.25, 0.3) is 5.91 Å². The third kappa shape index (κ3) is 6.18. The summed E-state index contributed by atoms with van der Waals surface area (Å²) < 4.78 is 9.80. The Hall–Kier alpha value is -4.28. The van der Waals surface area contributed by atoms with Crippen LogP contribution in [0.4, 0.5) is 5.69 Å². The smallest absolute Gasteiger partial charge is 0.274 e. The second kappa shape index (κ2) is 12.8. The van der Waals surface area contributed by atoms with E-state index in [-0.39, 0.29) is 5.91 Å². The van der Waals surface area contributed by atoms with Crippen molar-refractivity contribution in [2.45, 2.75) is 52.6 Å². The summed E-state index contributed by atoms with van der Waals surface area (Å²) in [5.41, 5.74) is 5.68. The topological polar surface area (TPSA) is 92.8 Å². The predicted octanol–water partition coefficient (Wildman–Crippen LogP) is 5.22. The van der Waals surface area contributed by atoms with E-state index in [1.807, 2.05) is 54.2 Å². The molecule has 1 aromatic carbocycles. The molecule has 1 fully saturated rings. The number of carbonyl (C=O) groups is 1. The van der Waals surface area contributed by atoms with Crippen molar-refractivity contribution < 1.29 is 9.53 Å². The van der Waals surface area contributed by atoms with Crippen molar-refractivity contribution in [1.82, 2.24) is 33.9 Å². The van der Waals surface area contributed by atoms with Gasteiger partial charge in [-0.25, -0.2) is 4.98 Å². The fourth-order valence-corrected chi connectivity index (χ4v) is 5.89. The van der Waals surface area contributed by atoms with Gasteiger partial charge < -0.3 is 15.0 Å². The molecule has 0 radical (unpaired) electrons. The summed E-state index contributed by atoms with van der Waals surface area (Å²) in [5.74, 6) is 0.912. The number of nitrogens with zero attached hydrogens (tertiary/aromatic N) is 7. The van der Waals surface area contributed by atoms with E-state index in [1.54, 1.807) is 10.6 Å². The number of anilines is 1. The number of ether oxygens (including phenoxy) is 1. The number of pyridine rings is 2. The molecule has 0 saturated carbocycles. The molecule has 1 N–H and O–H groups in total. The number of piperazine rings is 1. The number of aromatic nitrogens is 5. The Morgan fingerprint density at radius 2 is 2.00 bits per heavy atom. The van der Waals surface area contributed by atoms with Crippen molar-refractivity contribution in [2.24, 2.45) is 0 Å². The SMILES string of the molecule is CCC(C)c1cccc(Cn2nc(C)c3c(NC(=O)c4cnc5cc(OCCN6CCN(C)[C@@H](C)C6)ccn45)cccc32)n1. The molecule has 1 unspecified atom stereocenters. The summed E-state index contributed by atoms with van der Waals surface area (Å²) in [6.07, 6.45) is 4.49. The summed E-state index contributed by atoms with van der Waals surface area (Å²) in [6.45, 7) is 13.8. The van der Waals surface area contributed by atoms with Gasteiger partial charge in [0.05, 0.1) is 35.3 Å². The van der Waals surface area contributed by atoms with Crippen molar-refractivity contribution in [3.8, 4) is 5.75 Å². The quantitative estimate of drug-likeness (QED) is 0.237. The molecule has 0 aliphatic carbocycles. The maximum Gasteiger partial charge on any atom is 0.274 e. The lowest BCUT2D eigenvalue weighted by molar-refractivity contribution is 0.0928. The molecule has 1 saturated heterocycles. The lowest BCUT2D eigenvalue weighted by atomic mass is 10.0. The van der Waals surface area contributed by atoms with E-state index in [1.165, 1.54) is 0 Å². The zero-order valence-electron chi connectivity index (χ0n) is 26.3. The number of hydrogen-bond acceptors (Lipinski definition) is 7. The lowest BCUT2D eigenvalue weighted by Gasteiger charge is -2.37. The summed E-state index contributed by atoms with van der Waals surface area (Å²) in [7, 11) is 2.18. The third-order valence-electron chi connectivity index (χ3n) is 8.90. The van der Waals surface area contributed by atoms with Gasteiger partial charge in [0.2, 0.25) is 0 Å². The molecule has 44 heavy (non-hydrogen) atoms. The number of likely N-dealkylation sites (N-methyl/N-ethyl adjacent to an activating group) is 1. The minimum Gasteiger partial charge on any atom is -0.492 e. The number of aryl methyl sites for hydroxylation is 1. The van der Waals surface area contributed by atoms with Crippen LogP contribution in [0.5, 0.6) is 5.75 Å². The maximum absolute atomic E-state index is 13.5. The molecule has 230 valence electrons. The Balaban J connectivity index is 1.15. The molecule has 6 rings (SSSR count). The number of benzene rings is 1. The van der Waals surface area contributed by atoms with Gasteiger partial charge in [-0.05, 0) is 63.6 Å². The molecule has 1 aliphatic heterocycles. The molecule has 10 nitrogen and oxygen atoms in total. The van der Waals surface area contributed by atoms with Crippen molar-refractivity contribution in [1.29, 1.82) is 0 Å². The fraction of sp³-hybridized carbons (Fsp3) is 0.412. The van der Waals surface area contributed by atoms with E-state index in [0.29, 0.717) is 42.1 Å². The van der Waals surface area contributed by atoms with Crippen LogP contribution < -0.4 is 10.1 Å². The minimum absolute atomic E-state index is 0.238. The molecule has 10 heteroatoms.